The molecule has 0 radical (unpaired) electrons. The van der Waals surface area contributed by atoms with E-state index in [0.29, 0.717) is 18.7 Å². The van der Waals surface area contributed by atoms with Gasteiger partial charge in [-0.3, -0.25) is 4.98 Å². The summed E-state index contributed by atoms with van der Waals surface area (Å²) in [7, 11) is 1.69. The maximum atomic E-state index is 6.65. The number of pyridine rings is 1. The van der Waals surface area contributed by atoms with Crippen molar-refractivity contribution in [2.75, 3.05) is 13.9 Å². The number of nitrogens with zero attached hydrogens (tertiary/aromatic N) is 2. The molecule has 1 atom stereocenters. The van der Waals surface area contributed by atoms with Crippen molar-refractivity contribution in [2.24, 2.45) is 0 Å². The van der Waals surface area contributed by atoms with Crippen LogP contribution in [-0.2, 0) is 22.4 Å². The Balaban J connectivity index is 1.55. The smallest absolute Gasteiger partial charge is 0.230 e. The third kappa shape index (κ3) is 4.31. The quantitative estimate of drug-likeness (QED) is 0.348. The van der Waals surface area contributed by atoms with Crippen LogP contribution < -0.4 is 9.47 Å². The van der Waals surface area contributed by atoms with Crippen molar-refractivity contribution in [3.05, 3.63) is 101 Å². The van der Waals surface area contributed by atoms with E-state index in [9.17, 15) is 0 Å². The molecule has 5 rings (SSSR count). The first kappa shape index (κ1) is 21.9. The number of hydrogen-bond acceptors (Lipinski definition) is 5. The van der Waals surface area contributed by atoms with Gasteiger partial charge in [0.2, 0.25) is 6.79 Å². The lowest BCUT2D eigenvalue weighted by Crippen LogP contribution is -2.23. The van der Waals surface area contributed by atoms with Gasteiger partial charge in [-0.2, -0.15) is 0 Å². The SMILES string of the molecule is COc1cccc(Cn2c(C)c(C)c3nccc(OC(Cc4ccccc4)C4=COCO4)c32)c1. The molecule has 1 aliphatic heterocycles. The van der Waals surface area contributed by atoms with Crippen molar-refractivity contribution >= 4 is 11.0 Å². The van der Waals surface area contributed by atoms with Crippen molar-refractivity contribution in [1.29, 1.82) is 0 Å². The molecule has 1 aliphatic rings. The fourth-order valence-electron chi connectivity index (χ4n) is 4.36. The maximum absolute atomic E-state index is 6.65. The van der Waals surface area contributed by atoms with Crippen LogP contribution in [0.2, 0.25) is 0 Å². The fourth-order valence-corrected chi connectivity index (χ4v) is 4.36. The first-order chi connectivity index (χ1) is 16.6. The van der Waals surface area contributed by atoms with E-state index in [4.69, 9.17) is 23.9 Å². The Bertz CT molecular complexity index is 1330. The molecule has 0 spiro atoms. The Kier molecular flexibility index (Phi) is 6.12. The van der Waals surface area contributed by atoms with Gasteiger partial charge in [0.1, 0.15) is 23.3 Å². The zero-order valence-corrected chi connectivity index (χ0v) is 19.7. The molecule has 0 aliphatic carbocycles. The lowest BCUT2D eigenvalue weighted by atomic mass is 10.1. The molecule has 3 heterocycles. The van der Waals surface area contributed by atoms with E-state index in [1.54, 1.807) is 19.6 Å². The number of aromatic nitrogens is 2. The maximum Gasteiger partial charge on any atom is 0.230 e. The lowest BCUT2D eigenvalue weighted by Gasteiger charge is -2.20. The summed E-state index contributed by atoms with van der Waals surface area (Å²) < 4.78 is 25.4. The van der Waals surface area contributed by atoms with Crippen LogP contribution >= 0.6 is 0 Å². The van der Waals surface area contributed by atoms with Crippen LogP contribution in [-0.4, -0.2) is 29.6 Å². The van der Waals surface area contributed by atoms with Gasteiger partial charge < -0.3 is 23.5 Å². The van der Waals surface area contributed by atoms with E-state index in [1.807, 2.05) is 36.4 Å². The molecule has 6 nitrogen and oxygen atoms in total. The second-order valence-corrected chi connectivity index (χ2v) is 8.40. The number of hydrogen-bond donors (Lipinski definition) is 0. The summed E-state index contributed by atoms with van der Waals surface area (Å²) in [6.45, 7) is 5.12. The summed E-state index contributed by atoms with van der Waals surface area (Å²) in [6, 6.07) is 20.3. The molecule has 0 N–H and O–H groups in total. The average Bonchev–Trinajstić information content (AvgIpc) is 3.49. The molecule has 34 heavy (non-hydrogen) atoms. The highest BCUT2D eigenvalue weighted by atomic mass is 16.7. The highest BCUT2D eigenvalue weighted by molar-refractivity contribution is 5.86. The van der Waals surface area contributed by atoms with Gasteiger partial charge in [0, 0.05) is 30.9 Å². The minimum absolute atomic E-state index is 0.209. The van der Waals surface area contributed by atoms with Crippen LogP contribution in [0.5, 0.6) is 11.5 Å². The molecule has 2 aromatic heterocycles. The first-order valence-electron chi connectivity index (χ1n) is 11.4. The number of aryl methyl sites for hydroxylation is 1. The van der Waals surface area contributed by atoms with Gasteiger partial charge >= 0.3 is 0 Å². The Labute approximate surface area is 199 Å². The van der Waals surface area contributed by atoms with E-state index in [1.165, 1.54) is 0 Å². The first-order valence-corrected chi connectivity index (χ1v) is 11.4. The Morgan fingerprint density at radius 1 is 1.03 bits per heavy atom. The molecular formula is C28H28N2O4. The van der Waals surface area contributed by atoms with E-state index < -0.39 is 0 Å². The Hall–Kier alpha value is -3.93. The van der Waals surface area contributed by atoms with Crippen molar-refractivity contribution in [3.8, 4) is 11.5 Å². The molecule has 4 aromatic rings. The average molecular weight is 457 g/mol. The largest absolute Gasteiger partial charge is 0.497 e. The van der Waals surface area contributed by atoms with Crippen molar-refractivity contribution in [1.82, 2.24) is 9.55 Å². The standard InChI is InChI=1S/C28H28N2O4/c1-19-20(2)30(16-22-10-7-11-23(14-22)31-3)28-24(12-13-29-27(19)28)34-25(26-17-32-18-33-26)15-21-8-5-4-6-9-21/h4-14,17,25H,15-16,18H2,1-3H3. The molecular weight excluding hydrogens is 428 g/mol. The van der Waals surface area contributed by atoms with Crippen molar-refractivity contribution < 1.29 is 18.9 Å². The minimum Gasteiger partial charge on any atom is -0.497 e. The molecule has 0 saturated carbocycles. The van der Waals surface area contributed by atoms with Crippen LogP contribution in [0.3, 0.4) is 0 Å². The van der Waals surface area contributed by atoms with Gasteiger partial charge in [0.05, 0.1) is 12.6 Å². The molecule has 0 saturated heterocycles. The summed E-state index contributed by atoms with van der Waals surface area (Å²) in [6.07, 6.45) is 3.79. The molecule has 2 aromatic carbocycles. The number of fused-ring (bicyclic) bond motifs is 1. The fraction of sp³-hybridized carbons (Fsp3) is 0.250. The van der Waals surface area contributed by atoms with Gasteiger partial charge in [-0.1, -0.05) is 42.5 Å². The normalized spacial score (nSPS) is 13.8. The van der Waals surface area contributed by atoms with Crippen LogP contribution in [0, 0.1) is 13.8 Å². The van der Waals surface area contributed by atoms with E-state index in [-0.39, 0.29) is 12.9 Å². The van der Waals surface area contributed by atoms with E-state index >= 15 is 0 Å². The Morgan fingerprint density at radius 3 is 2.62 bits per heavy atom. The highest BCUT2D eigenvalue weighted by Crippen LogP contribution is 2.34. The summed E-state index contributed by atoms with van der Waals surface area (Å²) in [5, 5.41) is 0. The minimum atomic E-state index is -0.323. The molecule has 1 unspecified atom stereocenters. The number of methoxy groups -OCH3 is 1. The van der Waals surface area contributed by atoms with Crippen LogP contribution in [0.1, 0.15) is 22.4 Å². The number of ether oxygens (including phenoxy) is 4. The van der Waals surface area contributed by atoms with Crippen molar-refractivity contribution in [2.45, 2.75) is 32.9 Å². The summed E-state index contributed by atoms with van der Waals surface area (Å²) in [5.41, 5.74) is 6.51. The van der Waals surface area contributed by atoms with Crippen LogP contribution in [0.15, 0.2) is 78.9 Å². The third-order valence-electron chi connectivity index (χ3n) is 6.28. The van der Waals surface area contributed by atoms with Gasteiger partial charge in [0.15, 0.2) is 11.9 Å². The Morgan fingerprint density at radius 2 is 1.85 bits per heavy atom. The second kappa shape index (κ2) is 9.51. The molecule has 0 amide bonds. The number of benzene rings is 2. The zero-order chi connectivity index (χ0) is 23.5. The zero-order valence-electron chi connectivity index (χ0n) is 19.7. The summed E-state index contributed by atoms with van der Waals surface area (Å²) in [4.78, 5) is 4.69. The second-order valence-electron chi connectivity index (χ2n) is 8.40. The third-order valence-corrected chi connectivity index (χ3v) is 6.28. The lowest BCUT2D eigenvalue weighted by molar-refractivity contribution is 0.0559. The molecule has 6 heteroatoms. The monoisotopic (exact) mass is 456 g/mol. The predicted molar refractivity (Wildman–Crippen MR) is 131 cm³/mol. The summed E-state index contributed by atoms with van der Waals surface area (Å²) in [5.74, 6) is 2.29. The van der Waals surface area contributed by atoms with Crippen LogP contribution in [0.4, 0.5) is 0 Å². The molecule has 0 bridgehead atoms. The van der Waals surface area contributed by atoms with Crippen molar-refractivity contribution in [3.63, 3.8) is 0 Å². The van der Waals surface area contributed by atoms with Gasteiger partial charge in [-0.25, -0.2) is 0 Å². The van der Waals surface area contributed by atoms with Gasteiger partial charge in [-0.05, 0) is 42.7 Å². The number of rotatable bonds is 8. The molecule has 174 valence electrons. The van der Waals surface area contributed by atoms with Gasteiger partial charge in [0.25, 0.3) is 0 Å². The van der Waals surface area contributed by atoms with E-state index in [2.05, 4.69) is 42.7 Å². The van der Waals surface area contributed by atoms with E-state index in [0.717, 1.165) is 44.9 Å². The topological polar surface area (TPSA) is 54.7 Å². The predicted octanol–water partition coefficient (Wildman–Crippen LogP) is 5.55. The van der Waals surface area contributed by atoms with Gasteiger partial charge in [-0.15, -0.1) is 0 Å². The van der Waals surface area contributed by atoms with Crippen LogP contribution in [0.25, 0.3) is 11.0 Å². The molecule has 0 fully saturated rings. The summed E-state index contributed by atoms with van der Waals surface area (Å²) >= 11 is 0. The highest BCUT2D eigenvalue weighted by Gasteiger charge is 2.25.